The minimum Gasteiger partial charge on any atom is -0.359 e. The van der Waals surface area contributed by atoms with Crippen LogP contribution in [-0.2, 0) is 11.2 Å². The van der Waals surface area contributed by atoms with Gasteiger partial charge in [-0.3, -0.25) is 10.1 Å². The highest BCUT2D eigenvalue weighted by Crippen LogP contribution is 2.31. The molecule has 5 heteroatoms. The maximum Gasteiger partial charge on any atom is 0.321 e. The lowest BCUT2D eigenvalue weighted by Gasteiger charge is -2.23. The fraction of sp³-hybridized carbons (Fsp3) is 0.467. The molecule has 3 rings (SSSR count). The summed E-state index contributed by atoms with van der Waals surface area (Å²) in [4.78, 5) is 25.5. The van der Waals surface area contributed by atoms with Gasteiger partial charge in [-0.15, -0.1) is 0 Å². The molecule has 3 amide bonds. The van der Waals surface area contributed by atoms with Gasteiger partial charge >= 0.3 is 6.03 Å². The van der Waals surface area contributed by atoms with E-state index in [0.717, 1.165) is 24.9 Å². The fourth-order valence-corrected chi connectivity index (χ4v) is 2.64. The van der Waals surface area contributed by atoms with Gasteiger partial charge in [0.1, 0.15) is 0 Å². The molecule has 0 unspecified atom stereocenters. The van der Waals surface area contributed by atoms with Gasteiger partial charge in [0.2, 0.25) is 5.91 Å². The molecule has 1 saturated carbocycles. The second kappa shape index (κ2) is 5.15. The van der Waals surface area contributed by atoms with Crippen LogP contribution in [0.15, 0.2) is 24.3 Å². The molecule has 1 aromatic rings. The van der Waals surface area contributed by atoms with Crippen LogP contribution >= 0.6 is 0 Å². The summed E-state index contributed by atoms with van der Waals surface area (Å²) in [5, 5.41) is 5.15. The molecule has 0 aromatic heterocycles. The van der Waals surface area contributed by atoms with E-state index in [9.17, 15) is 9.59 Å². The van der Waals surface area contributed by atoms with Crippen molar-refractivity contribution in [2.24, 2.45) is 0 Å². The third kappa shape index (κ3) is 2.76. The van der Waals surface area contributed by atoms with Gasteiger partial charge in [0, 0.05) is 17.8 Å². The second-order valence-electron chi connectivity index (χ2n) is 5.61. The highest BCUT2D eigenvalue weighted by molar-refractivity contribution is 5.96. The van der Waals surface area contributed by atoms with Crippen LogP contribution in [0.5, 0.6) is 0 Å². The molecule has 0 saturated heterocycles. The lowest BCUT2D eigenvalue weighted by atomic mass is 10.1. The predicted octanol–water partition coefficient (Wildman–Crippen LogP) is 1.43. The van der Waals surface area contributed by atoms with Gasteiger partial charge in [-0.2, -0.15) is 0 Å². The Hall–Kier alpha value is -2.04. The lowest BCUT2D eigenvalue weighted by molar-refractivity contribution is -0.118. The molecular formula is C15H19N3O2. The standard InChI is InChI=1S/C15H19N3O2/c1-10-8-11-4-2-3-5-13(11)18(10)9-14(19)17-15(20)16-12-6-7-12/h2-5,10,12H,6-9H2,1H3,(H2,16,17,19,20)/t10-/m0/s1. The SMILES string of the molecule is C[C@H]1Cc2ccccc2N1CC(=O)NC(=O)NC1CC1. The van der Waals surface area contributed by atoms with Gasteiger partial charge in [-0.05, 0) is 37.8 Å². The number of carbonyl (C=O) groups excluding carboxylic acids is 2. The zero-order chi connectivity index (χ0) is 14.1. The molecule has 5 nitrogen and oxygen atoms in total. The van der Waals surface area contributed by atoms with Gasteiger partial charge < -0.3 is 10.2 Å². The average Bonchev–Trinajstić information content (AvgIpc) is 3.15. The summed E-state index contributed by atoms with van der Waals surface area (Å²) in [6.45, 7) is 2.31. The normalized spacial score (nSPS) is 20.4. The molecule has 1 aliphatic carbocycles. The quantitative estimate of drug-likeness (QED) is 0.875. The van der Waals surface area contributed by atoms with E-state index in [2.05, 4.69) is 28.5 Å². The van der Waals surface area contributed by atoms with Crippen molar-refractivity contribution in [3.63, 3.8) is 0 Å². The van der Waals surface area contributed by atoms with Crippen molar-refractivity contribution in [2.75, 3.05) is 11.4 Å². The third-order valence-corrected chi connectivity index (χ3v) is 3.83. The zero-order valence-electron chi connectivity index (χ0n) is 11.6. The Balaban J connectivity index is 1.59. The third-order valence-electron chi connectivity index (χ3n) is 3.83. The summed E-state index contributed by atoms with van der Waals surface area (Å²) >= 11 is 0. The number of para-hydroxylation sites is 1. The number of hydrogen-bond acceptors (Lipinski definition) is 3. The summed E-state index contributed by atoms with van der Waals surface area (Å²) in [5.74, 6) is -0.258. The first-order valence-corrected chi connectivity index (χ1v) is 7.08. The number of urea groups is 1. The zero-order valence-corrected chi connectivity index (χ0v) is 11.6. The number of amides is 3. The molecule has 1 heterocycles. The first-order chi connectivity index (χ1) is 9.63. The molecule has 1 atom stereocenters. The molecule has 0 spiro atoms. The van der Waals surface area contributed by atoms with Gasteiger partial charge in [0.05, 0.1) is 6.54 Å². The Morgan fingerprint density at radius 1 is 1.30 bits per heavy atom. The Morgan fingerprint density at radius 3 is 2.80 bits per heavy atom. The topological polar surface area (TPSA) is 61.4 Å². The van der Waals surface area contributed by atoms with Gasteiger partial charge in [-0.1, -0.05) is 18.2 Å². The second-order valence-corrected chi connectivity index (χ2v) is 5.61. The maximum atomic E-state index is 12.0. The van der Waals surface area contributed by atoms with Gasteiger partial charge in [0.25, 0.3) is 0 Å². The van der Waals surface area contributed by atoms with Crippen molar-refractivity contribution >= 4 is 17.6 Å². The van der Waals surface area contributed by atoms with Crippen molar-refractivity contribution in [2.45, 2.75) is 38.3 Å². The van der Waals surface area contributed by atoms with Gasteiger partial charge in [-0.25, -0.2) is 4.79 Å². The number of rotatable bonds is 3. The smallest absolute Gasteiger partial charge is 0.321 e. The number of benzene rings is 1. The minimum absolute atomic E-state index is 0.219. The van der Waals surface area contributed by atoms with E-state index in [-0.39, 0.29) is 30.6 Å². The first kappa shape index (κ1) is 13.0. The number of nitrogens with zero attached hydrogens (tertiary/aromatic N) is 1. The number of hydrogen-bond donors (Lipinski definition) is 2. The van der Waals surface area contributed by atoms with Crippen LogP contribution in [0.4, 0.5) is 10.5 Å². The lowest BCUT2D eigenvalue weighted by Crippen LogP contribution is -2.46. The summed E-state index contributed by atoms with van der Waals surface area (Å²) < 4.78 is 0. The summed E-state index contributed by atoms with van der Waals surface area (Å²) in [6, 6.07) is 8.26. The molecule has 2 aliphatic rings. The molecule has 1 aromatic carbocycles. The fourth-order valence-electron chi connectivity index (χ4n) is 2.64. The van der Waals surface area contributed by atoms with Crippen LogP contribution in [0, 0.1) is 0 Å². The summed E-state index contributed by atoms with van der Waals surface area (Å²) in [6.07, 6.45) is 2.97. The van der Waals surface area contributed by atoms with E-state index >= 15 is 0 Å². The molecule has 0 radical (unpaired) electrons. The van der Waals surface area contributed by atoms with Crippen molar-refractivity contribution in [1.29, 1.82) is 0 Å². The Kier molecular flexibility index (Phi) is 3.34. The summed E-state index contributed by atoms with van der Waals surface area (Å²) in [7, 11) is 0. The van der Waals surface area contributed by atoms with E-state index in [1.54, 1.807) is 0 Å². The monoisotopic (exact) mass is 273 g/mol. The van der Waals surface area contributed by atoms with E-state index in [4.69, 9.17) is 0 Å². The van der Waals surface area contributed by atoms with Crippen LogP contribution in [0.2, 0.25) is 0 Å². The van der Waals surface area contributed by atoms with E-state index in [1.165, 1.54) is 5.56 Å². The van der Waals surface area contributed by atoms with Crippen molar-refractivity contribution in [3.8, 4) is 0 Å². The molecule has 106 valence electrons. The Morgan fingerprint density at radius 2 is 2.05 bits per heavy atom. The highest BCUT2D eigenvalue weighted by atomic mass is 16.2. The van der Waals surface area contributed by atoms with Crippen molar-refractivity contribution < 1.29 is 9.59 Å². The Bertz CT molecular complexity index is 540. The van der Waals surface area contributed by atoms with Crippen molar-refractivity contribution in [1.82, 2.24) is 10.6 Å². The summed E-state index contributed by atoms with van der Waals surface area (Å²) in [5.41, 5.74) is 2.35. The first-order valence-electron chi connectivity index (χ1n) is 7.08. The number of nitrogens with one attached hydrogen (secondary N) is 2. The van der Waals surface area contributed by atoms with Crippen LogP contribution in [0.3, 0.4) is 0 Å². The predicted molar refractivity (Wildman–Crippen MR) is 76.7 cm³/mol. The molecular weight excluding hydrogens is 254 g/mol. The van der Waals surface area contributed by atoms with E-state index < -0.39 is 0 Å². The van der Waals surface area contributed by atoms with Crippen molar-refractivity contribution in [3.05, 3.63) is 29.8 Å². The molecule has 20 heavy (non-hydrogen) atoms. The highest BCUT2D eigenvalue weighted by Gasteiger charge is 2.28. The van der Waals surface area contributed by atoms with E-state index in [0.29, 0.717) is 0 Å². The van der Waals surface area contributed by atoms with Crippen LogP contribution in [0.1, 0.15) is 25.3 Å². The maximum absolute atomic E-state index is 12.0. The largest absolute Gasteiger partial charge is 0.359 e. The average molecular weight is 273 g/mol. The Labute approximate surface area is 118 Å². The molecule has 1 aliphatic heterocycles. The van der Waals surface area contributed by atoms with E-state index in [1.807, 2.05) is 18.2 Å². The molecule has 1 fully saturated rings. The molecule has 2 N–H and O–H groups in total. The number of anilines is 1. The minimum atomic E-state index is -0.377. The van der Waals surface area contributed by atoms with Crippen LogP contribution in [-0.4, -0.2) is 30.6 Å². The van der Waals surface area contributed by atoms with Gasteiger partial charge in [0.15, 0.2) is 0 Å². The number of imide groups is 1. The number of fused-ring (bicyclic) bond motifs is 1. The van der Waals surface area contributed by atoms with Crippen LogP contribution in [0.25, 0.3) is 0 Å². The molecule has 0 bridgehead atoms. The van der Waals surface area contributed by atoms with Crippen LogP contribution < -0.4 is 15.5 Å². The number of carbonyl (C=O) groups is 2.